The van der Waals surface area contributed by atoms with Crippen molar-refractivity contribution in [3.63, 3.8) is 0 Å². The summed E-state index contributed by atoms with van der Waals surface area (Å²) in [6.45, 7) is 8.99. The van der Waals surface area contributed by atoms with Gasteiger partial charge in [-0.3, -0.25) is 9.59 Å². The van der Waals surface area contributed by atoms with Gasteiger partial charge in [0.2, 0.25) is 5.91 Å². The Kier molecular flexibility index (Phi) is 10.0. The van der Waals surface area contributed by atoms with Crippen LogP contribution in [-0.4, -0.2) is 35.9 Å². The number of hydrogen-bond acceptors (Lipinski definition) is 3. The van der Waals surface area contributed by atoms with Gasteiger partial charge in [0.15, 0.2) is 6.61 Å². The number of rotatable bonds is 11. The SMILES string of the molecule is CCCNC(=O)[C@@H](CC)N(Cc1ccccc1)C(=O)COc1ccc(C(C)C)cc1Br. The number of nitrogens with zero attached hydrogens (tertiary/aromatic N) is 1. The standard InChI is InChI=1S/C25H33BrN2O3/c1-5-14-27-25(30)22(6-2)28(16-19-10-8-7-9-11-19)24(29)17-31-23-13-12-20(18(3)4)15-21(23)26/h7-13,15,18,22H,5-6,14,16-17H2,1-4H3,(H,27,30)/t22-/m1/s1. The molecule has 0 saturated carbocycles. The van der Waals surface area contributed by atoms with E-state index in [1.807, 2.05) is 62.4 Å². The van der Waals surface area contributed by atoms with Crippen LogP contribution in [0.5, 0.6) is 5.75 Å². The second-order valence-electron chi connectivity index (χ2n) is 7.86. The molecular formula is C25H33BrN2O3. The van der Waals surface area contributed by atoms with Crippen LogP contribution in [0, 0.1) is 0 Å². The van der Waals surface area contributed by atoms with Gasteiger partial charge in [0, 0.05) is 13.1 Å². The topological polar surface area (TPSA) is 58.6 Å². The maximum Gasteiger partial charge on any atom is 0.261 e. The molecule has 1 atom stereocenters. The van der Waals surface area contributed by atoms with Gasteiger partial charge in [-0.15, -0.1) is 0 Å². The van der Waals surface area contributed by atoms with Crippen LogP contribution in [0.25, 0.3) is 0 Å². The number of carbonyl (C=O) groups excluding carboxylic acids is 2. The fourth-order valence-electron chi connectivity index (χ4n) is 3.28. The van der Waals surface area contributed by atoms with Gasteiger partial charge in [0.25, 0.3) is 5.91 Å². The van der Waals surface area contributed by atoms with Crippen LogP contribution in [0.2, 0.25) is 0 Å². The number of carbonyl (C=O) groups is 2. The van der Waals surface area contributed by atoms with Gasteiger partial charge in [-0.05, 0) is 57.9 Å². The van der Waals surface area contributed by atoms with Gasteiger partial charge in [-0.1, -0.05) is 64.1 Å². The van der Waals surface area contributed by atoms with Gasteiger partial charge in [-0.25, -0.2) is 0 Å². The summed E-state index contributed by atoms with van der Waals surface area (Å²) in [5, 5.41) is 2.92. The van der Waals surface area contributed by atoms with Crippen LogP contribution in [0.4, 0.5) is 0 Å². The number of nitrogens with one attached hydrogen (secondary N) is 1. The highest BCUT2D eigenvalue weighted by Crippen LogP contribution is 2.29. The molecule has 6 heteroatoms. The largest absolute Gasteiger partial charge is 0.483 e. The zero-order valence-corrected chi connectivity index (χ0v) is 20.4. The van der Waals surface area contributed by atoms with Gasteiger partial charge in [-0.2, -0.15) is 0 Å². The zero-order valence-electron chi connectivity index (χ0n) is 18.9. The smallest absolute Gasteiger partial charge is 0.261 e. The molecule has 2 aromatic carbocycles. The lowest BCUT2D eigenvalue weighted by atomic mass is 10.0. The molecule has 0 spiro atoms. The van der Waals surface area contributed by atoms with Crippen molar-refractivity contribution in [1.29, 1.82) is 0 Å². The van der Waals surface area contributed by atoms with Gasteiger partial charge < -0.3 is 15.0 Å². The maximum absolute atomic E-state index is 13.2. The van der Waals surface area contributed by atoms with E-state index in [-0.39, 0.29) is 18.4 Å². The van der Waals surface area contributed by atoms with Crippen LogP contribution in [0.15, 0.2) is 53.0 Å². The third-order valence-corrected chi connectivity index (χ3v) is 5.72. The molecule has 0 aliphatic carbocycles. The van der Waals surface area contributed by atoms with Crippen molar-refractivity contribution in [2.24, 2.45) is 0 Å². The fourth-order valence-corrected chi connectivity index (χ4v) is 3.79. The zero-order chi connectivity index (χ0) is 22.8. The van der Waals surface area contributed by atoms with Gasteiger partial charge in [0.1, 0.15) is 11.8 Å². The molecule has 0 heterocycles. The summed E-state index contributed by atoms with van der Waals surface area (Å²) < 4.78 is 6.65. The maximum atomic E-state index is 13.2. The molecule has 0 bridgehead atoms. The van der Waals surface area contributed by atoms with Crippen LogP contribution in [0.1, 0.15) is 57.6 Å². The summed E-state index contributed by atoms with van der Waals surface area (Å²) in [6, 6.07) is 15.1. The molecule has 5 nitrogen and oxygen atoms in total. The Balaban J connectivity index is 2.18. The minimum Gasteiger partial charge on any atom is -0.483 e. The lowest BCUT2D eigenvalue weighted by molar-refractivity contribution is -0.143. The minimum absolute atomic E-state index is 0.129. The number of amides is 2. The lowest BCUT2D eigenvalue weighted by Crippen LogP contribution is -2.50. The van der Waals surface area contributed by atoms with E-state index in [0.717, 1.165) is 16.5 Å². The molecular weight excluding hydrogens is 456 g/mol. The number of halogens is 1. The normalized spacial score (nSPS) is 11.8. The van der Waals surface area contributed by atoms with Gasteiger partial charge in [0.05, 0.1) is 4.47 Å². The van der Waals surface area contributed by atoms with Crippen molar-refractivity contribution in [3.8, 4) is 5.75 Å². The molecule has 1 N–H and O–H groups in total. The Labute approximate surface area is 194 Å². The van der Waals surface area contributed by atoms with E-state index < -0.39 is 6.04 Å². The molecule has 0 aliphatic rings. The molecule has 2 amide bonds. The van der Waals surface area contributed by atoms with E-state index in [0.29, 0.717) is 31.2 Å². The molecule has 0 unspecified atom stereocenters. The molecule has 0 saturated heterocycles. The van der Waals surface area contributed by atoms with Crippen molar-refractivity contribution >= 4 is 27.7 Å². The molecule has 2 rings (SSSR count). The summed E-state index contributed by atoms with van der Waals surface area (Å²) in [4.78, 5) is 27.6. The first kappa shape index (κ1) is 24.9. The second-order valence-corrected chi connectivity index (χ2v) is 8.71. The van der Waals surface area contributed by atoms with Crippen molar-refractivity contribution in [2.75, 3.05) is 13.2 Å². The third kappa shape index (κ3) is 7.39. The number of ether oxygens (including phenoxy) is 1. The van der Waals surface area contributed by atoms with E-state index in [9.17, 15) is 9.59 Å². The Bertz CT molecular complexity index is 855. The van der Waals surface area contributed by atoms with Crippen molar-refractivity contribution in [2.45, 2.75) is 59.0 Å². The quantitative estimate of drug-likeness (QED) is 0.467. The highest BCUT2D eigenvalue weighted by molar-refractivity contribution is 9.10. The van der Waals surface area contributed by atoms with E-state index in [1.165, 1.54) is 5.56 Å². The summed E-state index contributed by atoms with van der Waals surface area (Å²) in [5.74, 6) is 0.666. The average Bonchev–Trinajstić information content (AvgIpc) is 2.77. The molecule has 0 fully saturated rings. The van der Waals surface area contributed by atoms with E-state index in [4.69, 9.17) is 4.74 Å². The second kappa shape index (κ2) is 12.5. The van der Waals surface area contributed by atoms with Crippen LogP contribution in [-0.2, 0) is 16.1 Å². The fraction of sp³-hybridized carbons (Fsp3) is 0.440. The number of hydrogen-bond donors (Lipinski definition) is 1. The van der Waals surface area contributed by atoms with Crippen LogP contribution >= 0.6 is 15.9 Å². The van der Waals surface area contributed by atoms with E-state index in [2.05, 4.69) is 35.1 Å². The van der Waals surface area contributed by atoms with E-state index >= 15 is 0 Å². The molecule has 0 aromatic heterocycles. The monoisotopic (exact) mass is 488 g/mol. The van der Waals surface area contributed by atoms with E-state index in [1.54, 1.807) is 4.90 Å². The van der Waals surface area contributed by atoms with Crippen LogP contribution < -0.4 is 10.1 Å². The molecule has 31 heavy (non-hydrogen) atoms. The Morgan fingerprint density at radius 3 is 2.39 bits per heavy atom. The Hall–Kier alpha value is -2.34. The predicted octanol–water partition coefficient (Wildman–Crippen LogP) is 5.28. The Morgan fingerprint density at radius 2 is 1.81 bits per heavy atom. The first-order chi connectivity index (χ1) is 14.9. The molecule has 0 radical (unpaired) electrons. The highest BCUT2D eigenvalue weighted by atomic mass is 79.9. The molecule has 168 valence electrons. The first-order valence-corrected chi connectivity index (χ1v) is 11.7. The minimum atomic E-state index is -0.547. The first-order valence-electron chi connectivity index (χ1n) is 10.9. The van der Waals surface area contributed by atoms with Crippen molar-refractivity contribution in [1.82, 2.24) is 10.2 Å². The van der Waals surface area contributed by atoms with Crippen LogP contribution in [0.3, 0.4) is 0 Å². The summed E-state index contributed by atoms with van der Waals surface area (Å²) in [5.41, 5.74) is 2.16. The van der Waals surface area contributed by atoms with Crippen molar-refractivity contribution < 1.29 is 14.3 Å². The lowest BCUT2D eigenvalue weighted by Gasteiger charge is -2.30. The summed E-state index contributed by atoms with van der Waals surface area (Å²) in [7, 11) is 0. The summed E-state index contributed by atoms with van der Waals surface area (Å²) in [6.07, 6.45) is 1.37. The predicted molar refractivity (Wildman–Crippen MR) is 128 cm³/mol. The average molecular weight is 489 g/mol. The van der Waals surface area contributed by atoms with Gasteiger partial charge >= 0.3 is 0 Å². The summed E-state index contributed by atoms with van der Waals surface area (Å²) >= 11 is 3.54. The third-order valence-electron chi connectivity index (χ3n) is 5.10. The molecule has 0 aliphatic heterocycles. The molecule has 2 aromatic rings. The number of benzene rings is 2. The Morgan fingerprint density at radius 1 is 1.10 bits per heavy atom. The highest BCUT2D eigenvalue weighted by Gasteiger charge is 2.28. The van der Waals surface area contributed by atoms with Crippen molar-refractivity contribution in [3.05, 3.63) is 64.1 Å².